The van der Waals surface area contributed by atoms with E-state index in [9.17, 15) is 9.59 Å². The number of hydrogen-bond donors (Lipinski definition) is 0. The number of Topliss-reactive ketones (excluding diaryl/α,β-unsaturated/α-hetero) is 2. The first-order chi connectivity index (χ1) is 13.0. The predicted molar refractivity (Wildman–Crippen MR) is 105 cm³/mol. The maximum Gasteiger partial charge on any atom is 0.197 e. The van der Waals surface area contributed by atoms with Crippen LogP contribution < -0.4 is 0 Å². The number of carbonyl (C=O) groups excluding carboxylic acids is 2. The van der Waals surface area contributed by atoms with Crippen LogP contribution in [0.4, 0.5) is 0 Å². The Morgan fingerprint density at radius 2 is 1.56 bits per heavy atom. The zero-order valence-corrected chi connectivity index (χ0v) is 15.7. The molecule has 2 aromatic carbocycles. The summed E-state index contributed by atoms with van der Waals surface area (Å²) in [7, 11) is 0. The Bertz CT molecular complexity index is 1070. The van der Waals surface area contributed by atoms with E-state index in [-0.39, 0.29) is 17.1 Å². The first-order valence-electron chi connectivity index (χ1n) is 8.64. The minimum atomic E-state index is -0.266. The number of benzene rings is 2. The molecule has 0 atom stereocenters. The standard InChI is InChI=1S/C22H17ClN2O2/c1-13-7-9-15(10-8-13)12-25-22(23)18(14(2)24-25)11-19-20(26)16-5-3-4-6-17(16)21(19)27/h3-11H,12H2,1-2H3. The topological polar surface area (TPSA) is 52.0 Å². The summed E-state index contributed by atoms with van der Waals surface area (Å²) in [6, 6.07) is 15.0. The van der Waals surface area contributed by atoms with Gasteiger partial charge in [-0.15, -0.1) is 0 Å². The van der Waals surface area contributed by atoms with Gasteiger partial charge in [-0.25, -0.2) is 4.68 Å². The number of rotatable bonds is 3. The van der Waals surface area contributed by atoms with Gasteiger partial charge in [0, 0.05) is 16.7 Å². The number of aromatic nitrogens is 2. The fraction of sp³-hybridized carbons (Fsp3) is 0.136. The van der Waals surface area contributed by atoms with E-state index in [2.05, 4.69) is 5.10 Å². The van der Waals surface area contributed by atoms with Crippen LogP contribution in [0.15, 0.2) is 54.1 Å². The normalized spacial score (nSPS) is 13.2. The summed E-state index contributed by atoms with van der Waals surface area (Å²) in [5.41, 5.74) is 4.55. The number of allylic oxidation sites excluding steroid dienone is 1. The van der Waals surface area contributed by atoms with Crippen LogP contribution >= 0.6 is 11.6 Å². The van der Waals surface area contributed by atoms with Crippen molar-refractivity contribution < 1.29 is 9.59 Å². The molecule has 0 bridgehead atoms. The molecule has 0 radical (unpaired) electrons. The van der Waals surface area contributed by atoms with Gasteiger partial charge in [-0.3, -0.25) is 9.59 Å². The van der Waals surface area contributed by atoms with Crippen LogP contribution in [0.25, 0.3) is 6.08 Å². The number of carbonyl (C=O) groups is 2. The number of nitrogens with zero attached hydrogens (tertiary/aromatic N) is 2. The Hall–Kier alpha value is -2.98. The van der Waals surface area contributed by atoms with E-state index in [1.54, 1.807) is 35.0 Å². The molecule has 0 fully saturated rings. The zero-order chi connectivity index (χ0) is 19.1. The van der Waals surface area contributed by atoms with Gasteiger partial charge in [0.2, 0.25) is 0 Å². The lowest BCUT2D eigenvalue weighted by Gasteiger charge is -2.04. The lowest BCUT2D eigenvalue weighted by Crippen LogP contribution is -2.02. The molecular formula is C22H17ClN2O2. The molecule has 1 aliphatic rings. The molecule has 0 N–H and O–H groups in total. The molecule has 3 aromatic rings. The summed E-state index contributed by atoms with van der Waals surface area (Å²) in [5.74, 6) is -0.533. The minimum absolute atomic E-state index is 0.135. The van der Waals surface area contributed by atoms with Gasteiger partial charge in [-0.05, 0) is 25.5 Å². The molecule has 0 amide bonds. The lowest BCUT2D eigenvalue weighted by molar-refractivity contribution is 0.0990. The summed E-state index contributed by atoms with van der Waals surface area (Å²) in [5, 5.41) is 4.90. The van der Waals surface area contributed by atoms with Crippen molar-refractivity contribution >= 4 is 29.2 Å². The number of fused-ring (bicyclic) bond motifs is 1. The average molecular weight is 377 g/mol. The van der Waals surface area contributed by atoms with E-state index >= 15 is 0 Å². The fourth-order valence-corrected chi connectivity index (χ4v) is 3.54. The van der Waals surface area contributed by atoms with Crippen LogP contribution in [0.2, 0.25) is 5.15 Å². The highest BCUT2D eigenvalue weighted by atomic mass is 35.5. The first-order valence-corrected chi connectivity index (χ1v) is 9.02. The van der Waals surface area contributed by atoms with Crippen molar-refractivity contribution in [1.29, 1.82) is 0 Å². The molecule has 27 heavy (non-hydrogen) atoms. The van der Waals surface area contributed by atoms with E-state index in [1.807, 2.05) is 38.1 Å². The van der Waals surface area contributed by atoms with E-state index < -0.39 is 0 Å². The maximum atomic E-state index is 12.6. The van der Waals surface area contributed by atoms with Crippen molar-refractivity contribution in [2.75, 3.05) is 0 Å². The van der Waals surface area contributed by atoms with Crippen molar-refractivity contribution in [2.24, 2.45) is 0 Å². The van der Waals surface area contributed by atoms with Gasteiger partial charge in [0.25, 0.3) is 0 Å². The second-order valence-electron chi connectivity index (χ2n) is 6.69. The Balaban J connectivity index is 1.70. The SMILES string of the molecule is Cc1ccc(Cn2nc(C)c(C=C3C(=O)c4ccccc4C3=O)c2Cl)cc1. The third-order valence-corrected chi connectivity index (χ3v) is 5.16. The largest absolute Gasteiger partial charge is 0.288 e. The van der Waals surface area contributed by atoms with Gasteiger partial charge in [-0.2, -0.15) is 5.10 Å². The summed E-state index contributed by atoms with van der Waals surface area (Å²) in [6.45, 7) is 4.37. The van der Waals surface area contributed by atoms with Gasteiger partial charge in [0.05, 0.1) is 17.8 Å². The van der Waals surface area contributed by atoms with Crippen molar-refractivity contribution in [3.8, 4) is 0 Å². The summed E-state index contributed by atoms with van der Waals surface area (Å²) in [4.78, 5) is 25.2. The quantitative estimate of drug-likeness (QED) is 0.493. The molecule has 5 heteroatoms. The third-order valence-electron chi connectivity index (χ3n) is 4.76. The third kappa shape index (κ3) is 3.02. The summed E-state index contributed by atoms with van der Waals surface area (Å²) in [6.07, 6.45) is 1.57. The number of aryl methyl sites for hydroxylation is 2. The Morgan fingerprint density at radius 1 is 0.963 bits per heavy atom. The second kappa shape index (κ2) is 6.63. The van der Waals surface area contributed by atoms with Crippen LogP contribution in [0.3, 0.4) is 0 Å². The highest BCUT2D eigenvalue weighted by molar-refractivity contribution is 6.41. The minimum Gasteiger partial charge on any atom is -0.288 e. The van der Waals surface area contributed by atoms with Crippen LogP contribution in [0, 0.1) is 13.8 Å². The zero-order valence-electron chi connectivity index (χ0n) is 15.0. The molecule has 4 nitrogen and oxygen atoms in total. The fourth-order valence-electron chi connectivity index (χ4n) is 3.25. The van der Waals surface area contributed by atoms with Gasteiger partial charge in [0.1, 0.15) is 5.15 Å². The van der Waals surface area contributed by atoms with E-state index in [0.29, 0.717) is 34.1 Å². The molecule has 0 saturated heterocycles. The van der Waals surface area contributed by atoms with Crippen LogP contribution in [-0.2, 0) is 6.54 Å². The van der Waals surface area contributed by atoms with Gasteiger partial charge >= 0.3 is 0 Å². The smallest absolute Gasteiger partial charge is 0.197 e. The van der Waals surface area contributed by atoms with Gasteiger partial charge < -0.3 is 0 Å². The summed E-state index contributed by atoms with van der Waals surface area (Å²) < 4.78 is 1.69. The van der Waals surface area contributed by atoms with E-state index in [0.717, 1.165) is 5.56 Å². The first kappa shape index (κ1) is 17.4. The molecule has 0 saturated carbocycles. The molecule has 4 rings (SSSR count). The van der Waals surface area contributed by atoms with Gasteiger partial charge in [-0.1, -0.05) is 65.7 Å². The predicted octanol–water partition coefficient (Wildman–Crippen LogP) is 4.66. The maximum absolute atomic E-state index is 12.6. The number of hydrogen-bond acceptors (Lipinski definition) is 3. The highest BCUT2D eigenvalue weighted by Crippen LogP contribution is 2.30. The van der Waals surface area contributed by atoms with Crippen molar-refractivity contribution in [1.82, 2.24) is 9.78 Å². The molecule has 1 aromatic heterocycles. The van der Waals surface area contributed by atoms with Crippen molar-refractivity contribution in [3.05, 3.63) is 92.8 Å². The molecule has 0 aliphatic heterocycles. The van der Waals surface area contributed by atoms with Crippen LogP contribution in [0.5, 0.6) is 0 Å². The molecule has 1 heterocycles. The number of ketones is 2. The number of halogens is 1. The molecule has 0 spiro atoms. The Kier molecular flexibility index (Phi) is 4.28. The Morgan fingerprint density at radius 3 is 2.15 bits per heavy atom. The average Bonchev–Trinajstić information content (AvgIpc) is 3.06. The van der Waals surface area contributed by atoms with Crippen molar-refractivity contribution in [2.45, 2.75) is 20.4 Å². The second-order valence-corrected chi connectivity index (χ2v) is 7.05. The highest BCUT2D eigenvalue weighted by Gasteiger charge is 2.33. The van der Waals surface area contributed by atoms with Gasteiger partial charge in [0.15, 0.2) is 11.6 Å². The van der Waals surface area contributed by atoms with E-state index in [4.69, 9.17) is 11.6 Å². The molecule has 134 valence electrons. The van der Waals surface area contributed by atoms with Crippen LogP contribution in [-0.4, -0.2) is 21.3 Å². The van der Waals surface area contributed by atoms with E-state index in [1.165, 1.54) is 5.56 Å². The molecule has 0 unspecified atom stereocenters. The Labute approximate surface area is 162 Å². The monoisotopic (exact) mass is 376 g/mol. The summed E-state index contributed by atoms with van der Waals surface area (Å²) >= 11 is 6.53. The molecular weight excluding hydrogens is 360 g/mol. The lowest BCUT2D eigenvalue weighted by atomic mass is 10.1. The molecule has 1 aliphatic carbocycles. The van der Waals surface area contributed by atoms with Crippen molar-refractivity contribution in [3.63, 3.8) is 0 Å². The van der Waals surface area contributed by atoms with Crippen LogP contribution in [0.1, 0.15) is 43.1 Å².